The van der Waals surface area contributed by atoms with Crippen LogP contribution in [0.1, 0.15) is 19.3 Å². The monoisotopic (exact) mass is 123 g/mol. The number of hydrogen-bond acceptors (Lipinski definition) is 1. The highest BCUT2D eigenvalue weighted by atomic mass is 16.3. The van der Waals surface area contributed by atoms with E-state index in [4.69, 9.17) is 11.7 Å². The minimum atomic E-state index is -0.265. The van der Waals surface area contributed by atoms with Gasteiger partial charge >= 0.3 is 0 Å². The maximum atomic E-state index is 9.03. The van der Waals surface area contributed by atoms with Crippen molar-refractivity contribution in [1.82, 2.24) is 0 Å². The lowest BCUT2D eigenvalue weighted by Crippen LogP contribution is -2.09. The van der Waals surface area contributed by atoms with Crippen molar-refractivity contribution in [2.75, 3.05) is 0 Å². The lowest BCUT2D eigenvalue weighted by Gasteiger charge is -2.12. The maximum Gasteiger partial charge on any atom is 0.164 e. The minimum Gasteiger partial charge on any atom is -0.394 e. The van der Waals surface area contributed by atoms with Crippen LogP contribution in [0.25, 0.3) is 4.85 Å². The zero-order chi connectivity index (χ0) is 6.69. The molecule has 1 aliphatic rings. The molecule has 1 atom stereocenters. The Morgan fingerprint density at radius 3 is 3.00 bits per heavy atom. The summed E-state index contributed by atoms with van der Waals surface area (Å²) in [5, 5.41) is 9.03. The fourth-order valence-electron chi connectivity index (χ4n) is 0.960. The fourth-order valence-corrected chi connectivity index (χ4v) is 0.960. The topological polar surface area (TPSA) is 24.6 Å². The average Bonchev–Trinajstić information content (AvgIpc) is 1.88. The van der Waals surface area contributed by atoms with E-state index in [2.05, 4.69) is 4.85 Å². The molecule has 9 heavy (non-hydrogen) atoms. The van der Waals surface area contributed by atoms with Crippen molar-refractivity contribution in [2.45, 2.75) is 25.4 Å². The molecule has 1 N–H and O–H groups in total. The van der Waals surface area contributed by atoms with E-state index in [-0.39, 0.29) is 6.10 Å². The average molecular weight is 123 g/mol. The molecule has 0 bridgehead atoms. The molecule has 0 radical (unpaired) electrons. The minimum absolute atomic E-state index is 0.265. The van der Waals surface area contributed by atoms with Gasteiger partial charge in [-0.3, -0.25) is 0 Å². The van der Waals surface area contributed by atoms with E-state index in [9.17, 15) is 0 Å². The molecule has 1 unspecified atom stereocenters. The second kappa shape index (κ2) is 2.65. The van der Waals surface area contributed by atoms with Crippen LogP contribution in [-0.4, -0.2) is 11.2 Å². The number of aliphatic hydroxyl groups is 1. The van der Waals surface area contributed by atoms with Gasteiger partial charge in [-0.1, -0.05) is 6.08 Å². The molecular weight excluding hydrogens is 114 g/mol. The van der Waals surface area contributed by atoms with Crippen molar-refractivity contribution < 1.29 is 5.11 Å². The SMILES string of the molecule is [C-]#[N+]C1=CCCC(O)C1. The van der Waals surface area contributed by atoms with E-state index in [1.165, 1.54) is 0 Å². The molecule has 0 heterocycles. The van der Waals surface area contributed by atoms with E-state index in [1.54, 1.807) is 0 Å². The number of hydrogen-bond donors (Lipinski definition) is 1. The summed E-state index contributed by atoms with van der Waals surface area (Å²) in [7, 11) is 0. The van der Waals surface area contributed by atoms with Gasteiger partial charge in [-0.2, -0.15) is 0 Å². The molecule has 48 valence electrons. The molecular formula is C7H9NO. The Balaban J connectivity index is 2.56. The van der Waals surface area contributed by atoms with Crippen LogP contribution < -0.4 is 0 Å². The van der Waals surface area contributed by atoms with Crippen molar-refractivity contribution in [3.05, 3.63) is 23.2 Å². The summed E-state index contributed by atoms with van der Waals surface area (Å²) < 4.78 is 0. The third-order valence-electron chi connectivity index (χ3n) is 1.47. The molecule has 0 aliphatic heterocycles. The largest absolute Gasteiger partial charge is 0.394 e. The number of nitrogens with zero attached hydrogens (tertiary/aromatic N) is 1. The summed E-state index contributed by atoms with van der Waals surface area (Å²) in [6, 6.07) is 0. The van der Waals surface area contributed by atoms with Gasteiger partial charge < -0.3 is 5.11 Å². The quantitative estimate of drug-likeness (QED) is 0.483. The third kappa shape index (κ3) is 1.55. The molecule has 0 aromatic carbocycles. The zero-order valence-corrected chi connectivity index (χ0v) is 5.17. The molecule has 1 aliphatic carbocycles. The summed E-state index contributed by atoms with van der Waals surface area (Å²) >= 11 is 0. The first-order valence-corrected chi connectivity index (χ1v) is 3.07. The maximum absolute atomic E-state index is 9.03. The van der Waals surface area contributed by atoms with Gasteiger partial charge in [0.2, 0.25) is 0 Å². The van der Waals surface area contributed by atoms with Crippen LogP contribution >= 0.6 is 0 Å². The Labute approximate surface area is 54.6 Å². The van der Waals surface area contributed by atoms with Gasteiger partial charge in [0, 0.05) is 12.5 Å². The first-order valence-electron chi connectivity index (χ1n) is 3.07. The van der Waals surface area contributed by atoms with Gasteiger partial charge in [0.15, 0.2) is 5.70 Å². The Kier molecular flexibility index (Phi) is 1.86. The predicted octanol–water partition coefficient (Wildman–Crippen LogP) is 1.33. The van der Waals surface area contributed by atoms with E-state index in [1.807, 2.05) is 6.08 Å². The molecule has 0 saturated carbocycles. The van der Waals surface area contributed by atoms with Gasteiger partial charge in [0.1, 0.15) is 0 Å². The number of allylic oxidation sites excluding steroid dienone is 1. The van der Waals surface area contributed by atoms with E-state index < -0.39 is 0 Å². The summed E-state index contributed by atoms with van der Waals surface area (Å²) in [5.74, 6) is 0. The van der Waals surface area contributed by atoms with Gasteiger partial charge in [0.05, 0.1) is 6.57 Å². The normalized spacial score (nSPS) is 26.7. The lowest BCUT2D eigenvalue weighted by molar-refractivity contribution is 0.161. The van der Waals surface area contributed by atoms with Crippen LogP contribution in [0.2, 0.25) is 0 Å². The van der Waals surface area contributed by atoms with Crippen LogP contribution in [0, 0.1) is 6.57 Å². The number of rotatable bonds is 0. The smallest absolute Gasteiger partial charge is 0.164 e. The lowest BCUT2D eigenvalue weighted by atomic mass is 10.0. The summed E-state index contributed by atoms with van der Waals surface area (Å²) in [6.45, 7) is 6.63. The second-order valence-electron chi connectivity index (χ2n) is 2.24. The van der Waals surface area contributed by atoms with Gasteiger partial charge in [-0.25, -0.2) is 4.85 Å². The second-order valence-corrected chi connectivity index (χ2v) is 2.24. The molecule has 0 spiro atoms. The first kappa shape index (κ1) is 6.31. The van der Waals surface area contributed by atoms with Gasteiger partial charge in [0.25, 0.3) is 0 Å². The molecule has 0 fully saturated rings. The van der Waals surface area contributed by atoms with Gasteiger partial charge in [-0.15, -0.1) is 0 Å². The molecule has 2 nitrogen and oxygen atoms in total. The predicted molar refractivity (Wildman–Crippen MR) is 34.5 cm³/mol. The Morgan fingerprint density at radius 2 is 2.56 bits per heavy atom. The highest BCUT2D eigenvalue weighted by Crippen LogP contribution is 2.18. The molecule has 2 heteroatoms. The Bertz CT molecular complexity index is 166. The molecule has 1 rings (SSSR count). The molecule has 0 amide bonds. The molecule has 0 aromatic rings. The standard InChI is InChI=1S/C7H9NO/c1-8-6-3-2-4-7(9)5-6/h3,7,9H,2,4-5H2. The fraction of sp³-hybridized carbons (Fsp3) is 0.571. The Morgan fingerprint density at radius 1 is 1.78 bits per heavy atom. The highest BCUT2D eigenvalue weighted by molar-refractivity contribution is 5.13. The third-order valence-corrected chi connectivity index (χ3v) is 1.47. The summed E-state index contributed by atoms with van der Waals surface area (Å²) in [4.78, 5) is 3.25. The van der Waals surface area contributed by atoms with Crippen molar-refractivity contribution in [1.29, 1.82) is 0 Å². The van der Waals surface area contributed by atoms with Gasteiger partial charge in [-0.05, 0) is 12.8 Å². The molecule has 0 aromatic heterocycles. The van der Waals surface area contributed by atoms with E-state index in [0.717, 1.165) is 12.8 Å². The van der Waals surface area contributed by atoms with Crippen LogP contribution in [0.4, 0.5) is 0 Å². The van der Waals surface area contributed by atoms with Crippen molar-refractivity contribution >= 4 is 0 Å². The zero-order valence-electron chi connectivity index (χ0n) is 5.17. The van der Waals surface area contributed by atoms with Crippen LogP contribution in [-0.2, 0) is 0 Å². The van der Waals surface area contributed by atoms with Crippen LogP contribution in [0.3, 0.4) is 0 Å². The highest BCUT2D eigenvalue weighted by Gasteiger charge is 2.11. The van der Waals surface area contributed by atoms with E-state index in [0.29, 0.717) is 12.1 Å². The molecule has 0 saturated heterocycles. The first-order chi connectivity index (χ1) is 4.33. The van der Waals surface area contributed by atoms with Crippen molar-refractivity contribution in [3.63, 3.8) is 0 Å². The summed E-state index contributed by atoms with van der Waals surface area (Å²) in [6.07, 6.45) is 3.88. The van der Waals surface area contributed by atoms with E-state index >= 15 is 0 Å². The van der Waals surface area contributed by atoms with Crippen molar-refractivity contribution in [2.24, 2.45) is 0 Å². The Hall–Kier alpha value is -0.810. The van der Waals surface area contributed by atoms with Crippen LogP contribution in [0.15, 0.2) is 11.8 Å². The summed E-state index contributed by atoms with van der Waals surface area (Å²) in [5.41, 5.74) is 0.716. The van der Waals surface area contributed by atoms with Crippen LogP contribution in [0.5, 0.6) is 0 Å². The van der Waals surface area contributed by atoms with Crippen molar-refractivity contribution in [3.8, 4) is 0 Å². The number of aliphatic hydroxyl groups excluding tert-OH is 1.